The van der Waals surface area contributed by atoms with E-state index in [4.69, 9.17) is 21.1 Å². The van der Waals surface area contributed by atoms with E-state index in [1.54, 1.807) is 0 Å². The molecule has 0 radical (unpaired) electrons. The van der Waals surface area contributed by atoms with Gasteiger partial charge in [-0.05, 0) is 25.1 Å². The molecule has 1 unspecified atom stereocenters. The van der Waals surface area contributed by atoms with E-state index in [9.17, 15) is 37.1 Å². The minimum Gasteiger partial charge on any atom is -0.546 e. The van der Waals surface area contributed by atoms with Gasteiger partial charge in [0.15, 0.2) is 11.5 Å². The molecule has 0 saturated heterocycles. The fourth-order valence-corrected chi connectivity index (χ4v) is 3.07. The van der Waals surface area contributed by atoms with Crippen molar-refractivity contribution in [2.75, 3.05) is 0 Å². The maximum atomic E-state index is 14.7. The number of halogens is 5. The van der Waals surface area contributed by atoms with Crippen LogP contribution in [0.4, 0.5) is 17.6 Å². The molecule has 0 bridgehead atoms. The number of hydrogen-bond donors (Lipinski definition) is 0. The molecular formula is C21H14ClF4N2O6-. The number of para-hydroxylation sites is 2. The fraction of sp³-hybridized carbons (Fsp3) is 0.190. The summed E-state index contributed by atoms with van der Waals surface area (Å²) in [5.41, 5.74) is -5.13. The smallest absolute Gasteiger partial charge is 0.431 e. The summed E-state index contributed by atoms with van der Waals surface area (Å²) in [6.07, 6.45) is -6.36. The molecule has 180 valence electrons. The van der Waals surface area contributed by atoms with E-state index in [2.05, 4.69) is 0 Å². The van der Waals surface area contributed by atoms with Crippen molar-refractivity contribution in [3.63, 3.8) is 0 Å². The Balaban J connectivity index is 2.12. The number of aromatic nitrogens is 2. The average Bonchev–Trinajstić information content (AvgIpc) is 2.74. The van der Waals surface area contributed by atoms with Crippen LogP contribution in [0.1, 0.15) is 12.6 Å². The highest BCUT2D eigenvalue weighted by Gasteiger charge is 2.35. The Hall–Kier alpha value is -3.80. The van der Waals surface area contributed by atoms with Crippen molar-refractivity contribution < 1.29 is 36.9 Å². The number of carboxylic acid groups (broad SMARTS) is 1. The second-order valence-corrected chi connectivity index (χ2v) is 7.31. The predicted octanol–water partition coefficient (Wildman–Crippen LogP) is 2.66. The van der Waals surface area contributed by atoms with Crippen molar-refractivity contribution in [3.05, 3.63) is 79.8 Å². The summed E-state index contributed by atoms with van der Waals surface area (Å²) >= 11 is 6.01. The monoisotopic (exact) mass is 501 g/mol. The second-order valence-electron chi connectivity index (χ2n) is 6.90. The van der Waals surface area contributed by atoms with Gasteiger partial charge in [0.2, 0.25) is 0 Å². The van der Waals surface area contributed by atoms with Gasteiger partial charge in [-0.1, -0.05) is 23.7 Å². The zero-order valence-electron chi connectivity index (χ0n) is 17.4. The van der Waals surface area contributed by atoms with Crippen molar-refractivity contribution in [1.82, 2.24) is 9.13 Å². The topological polar surface area (TPSA) is 103 Å². The molecule has 2 aromatic carbocycles. The third-order valence-electron chi connectivity index (χ3n) is 4.56. The second kappa shape index (κ2) is 9.21. The Labute approximate surface area is 193 Å². The molecule has 13 heteroatoms. The van der Waals surface area contributed by atoms with Crippen LogP contribution in [0.15, 0.2) is 52.1 Å². The molecule has 0 saturated carbocycles. The quantitative estimate of drug-likeness (QED) is 0.481. The van der Waals surface area contributed by atoms with Gasteiger partial charge in [0, 0.05) is 19.2 Å². The van der Waals surface area contributed by atoms with E-state index >= 15 is 0 Å². The maximum absolute atomic E-state index is 14.7. The summed E-state index contributed by atoms with van der Waals surface area (Å²) < 4.78 is 65.1. The molecule has 3 aromatic rings. The molecule has 0 fully saturated rings. The molecule has 0 aliphatic rings. The number of hydrogen-bond acceptors (Lipinski definition) is 6. The number of rotatable bonds is 6. The molecule has 1 heterocycles. The minimum atomic E-state index is -4.99. The van der Waals surface area contributed by atoms with Crippen LogP contribution in [0.25, 0.3) is 5.69 Å². The lowest BCUT2D eigenvalue weighted by molar-refractivity contribution is -0.312. The molecule has 0 N–H and O–H groups in total. The van der Waals surface area contributed by atoms with Crippen molar-refractivity contribution in [2.24, 2.45) is 7.05 Å². The minimum absolute atomic E-state index is 0.0521. The molecule has 1 aromatic heterocycles. The third kappa shape index (κ3) is 4.91. The molecule has 0 aliphatic carbocycles. The van der Waals surface area contributed by atoms with E-state index in [1.807, 2.05) is 0 Å². The number of aliphatic carboxylic acids is 1. The van der Waals surface area contributed by atoms with Crippen LogP contribution in [0.5, 0.6) is 17.2 Å². The number of alkyl halides is 3. The number of carboxylic acids is 1. The summed E-state index contributed by atoms with van der Waals surface area (Å²) in [5.74, 6) is -3.11. The number of nitrogens with zero attached hydrogens (tertiary/aromatic N) is 2. The van der Waals surface area contributed by atoms with Crippen LogP contribution in [0.3, 0.4) is 0 Å². The highest BCUT2D eigenvalue weighted by atomic mass is 35.5. The molecular weight excluding hydrogens is 488 g/mol. The van der Waals surface area contributed by atoms with Gasteiger partial charge in [0.1, 0.15) is 23.4 Å². The van der Waals surface area contributed by atoms with Crippen LogP contribution >= 0.6 is 11.6 Å². The van der Waals surface area contributed by atoms with Gasteiger partial charge < -0.3 is 19.4 Å². The van der Waals surface area contributed by atoms with E-state index in [-0.39, 0.29) is 37.5 Å². The van der Waals surface area contributed by atoms with Crippen molar-refractivity contribution in [2.45, 2.75) is 19.2 Å². The van der Waals surface area contributed by atoms with Gasteiger partial charge >= 0.3 is 11.9 Å². The molecule has 8 nitrogen and oxygen atoms in total. The van der Waals surface area contributed by atoms with Gasteiger partial charge in [-0.2, -0.15) is 13.2 Å². The SMILES string of the molecule is CC(Oc1ccccc1Oc1cc(-n2c(=O)cc(C(F)(F)F)n(C)c2=O)c(F)cc1Cl)C(=O)[O-]. The van der Waals surface area contributed by atoms with Gasteiger partial charge in [0.25, 0.3) is 5.56 Å². The van der Waals surface area contributed by atoms with Crippen molar-refractivity contribution in [3.8, 4) is 22.9 Å². The van der Waals surface area contributed by atoms with E-state index in [0.717, 1.165) is 13.1 Å². The molecule has 1 atom stereocenters. The van der Waals surface area contributed by atoms with E-state index in [1.165, 1.54) is 31.2 Å². The lowest BCUT2D eigenvalue weighted by Gasteiger charge is -2.19. The first-order valence-corrected chi connectivity index (χ1v) is 9.73. The summed E-state index contributed by atoms with van der Waals surface area (Å²) in [7, 11) is 0.776. The summed E-state index contributed by atoms with van der Waals surface area (Å²) in [4.78, 5) is 35.8. The van der Waals surface area contributed by atoms with Gasteiger partial charge in [0.05, 0.1) is 16.7 Å². The first-order valence-electron chi connectivity index (χ1n) is 9.35. The van der Waals surface area contributed by atoms with Gasteiger partial charge in [-0.3, -0.25) is 9.36 Å². The zero-order valence-corrected chi connectivity index (χ0v) is 18.1. The predicted molar refractivity (Wildman–Crippen MR) is 109 cm³/mol. The highest BCUT2D eigenvalue weighted by Crippen LogP contribution is 2.37. The highest BCUT2D eigenvalue weighted by molar-refractivity contribution is 6.32. The number of carbonyl (C=O) groups is 1. The van der Waals surface area contributed by atoms with Crippen LogP contribution in [0, 0.1) is 5.82 Å². The van der Waals surface area contributed by atoms with Crippen molar-refractivity contribution >= 4 is 17.6 Å². The summed E-state index contributed by atoms with van der Waals surface area (Å²) in [5, 5.41) is 10.7. The molecule has 0 amide bonds. The van der Waals surface area contributed by atoms with E-state index < -0.39 is 46.7 Å². The summed E-state index contributed by atoms with van der Waals surface area (Å²) in [6, 6.07) is 7.42. The Morgan fingerprint density at radius 1 is 1.09 bits per heavy atom. The van der Waals surface area contributed by atoms with Crippen LogP contribution in [-0.4, -0.2) is 21.2 Å². The lowest BCUT2D eigenvalue weighted by atomic mass is 10.2. The number of benzene rings is 2. The standard InChI is InChI=1S/C21H15ClF4N2O6/c1-10(19(30)31)33-14-5-3-4-6-15(14)34-16-8-13(12(23)7-11(16)22)28-18(29)9-17(21(24,25)26)27(2)20(28)32/h3-10H,1-2H3,(H,30,31)/p-1. The van der Waals surface area contributed by atoms with E-state index in [0.29, 0.717) is 6.07 Å². The molecule has 3 rings (SSSR count). The van der Waals surface area contributed by atoms with Crippen LogP contribution in [-0.2, 0) is 18.0 Å². The molecule has 0 aliphatic heterocycles. The fourth-order valence-electron chi connectivity index (χ4n) is 2.88. The Bertz CT molecular complexity index is 1380. The Kier molecular flexibility index (Phi) is 6.73. The first-order chi connectivity index (χ1) is 15.8. The molecule has 34 heavy (non-hydrogen) atoms. The Morgan fingerprint density at radius 3 is 2.29 bits per heavy atom. The molecule has 0 spiro atoms. The maximum Gasteiger partial charge on any atom is 0.431 e. The summed E-state index contributed by atoms with van der Waals surface area (Å²) in [6.45, 7) is 1.21. The van der Waals surface area contributed by atoms with Gasteiger partial charge in [-0.25, -0.2) is 13.8 Å². The zero-order chi connectivity index (χ0) is 25.4. The van der Waals surface area contributed by atoms with Crippen LogP contribution in [0.2, 0.25) is 5.02 Å². The number of carbonyl (C=O) groups excluding carboxylic acids is 1. The number of ether oxygens (including phenoxy) is 2. The van der Waals surface area contributed by atoms with Crippen molar-refractivity contribution in [1.29, 1.82) is 0 Å². The largest absolute Gasteiger partial charge is 0.546 e. The lowest BCUT2D eigenvalue weighted by Crippen LogP contribution is -2.41. The third-order valence-corrected chi connectivity index (χ3v) is 4.85. The average molecular weight is 502 g/mol. The van der Waals surface area contributed by atoms with Crippen LogP contribution < -0.4 is 25.8 Å². The normalized spacial score (nSPS) is 12.3. The Morgan fingerprint density at radius 2 is 1.71 bits per heavy atom. The van der Waals surface area contributed by atoms with Gasteiger partial charge in [-0.15, -0.1) is 0 Å². The first kappa shape index (κ1) is 24.8.